The second kappa shape index (κ2) is 6.07. The standard InChI is InChI=1S/C18H28N2/c1-14-8-9-16-12-17(10-11-18(16)19-14)20(2)13-15-6-4-3-5-7-15/h10-12,14-15,19H,3-9,13H2,1-2H3. The topological polar surface area (TPSA) is 15.3 Å². The Hall–Kier alpha value is -1.18. The van der Waals surface area contributed by atoms with Crippen LogP contribution in [0.15, 0.2) is 18.2 Å². The van der Waals surface area contributed by atoms with Crippen LogP contribution in [0.25, 0.3) is 0 Å². The SMILES string of the molecule is CC1CCc2cc(N(C)CC3CCCCC3)ccc2N1. The third-order valence-corrected chi connectivity index (χ3v) is 5.03. The average Bonchev–Trinajstić information content (AvgIpc) is 2.47. The van der Waals surface area contributed by atoms with E-state index < -0.39 is 0 Å². The highest BCUT2D eigenvalue weighted by Crippen LogP contribution is 2.30. The normalized spacial score (nSPS) is 23.0. The monoisotopic (exact) mass is 272 g/mol. The molecule has 0 aromatic heterocycles. The molecule has 1 N–H and O–H groups in total. The van der Waals surface area contributed by atoms with Gasteiger partial charge in [-0.2, -0.15) is 0 Å². The van der Waals surface area contributed by atoms with E-state index in [0.29, 0.717) is 6.04 Å². The van der Waals surface area contributed by atoms with E-state index in [-0.39, 0.29) is 0 Å². The van der Waals surface area contributed by atoms with Gasteiger partial charge in [-0.1, -0.05) is 19.3 Å². The molecule has 110 valence electrons. The number of nitrogens with zero attached hydrogens (tertiary/aromatic N) is 1. The van der Waals surface area contributed by atoms with Crippen LogP contribution in [-0.4, -0.2) is 19.6 Å². The largest absolute Gasteiger partial charge is 0.382 e. The molecule has 0 spiro atoms. The van der Waals surface area contributed by atoms with Gasteiger partial charge in [-0.15, -0.1) is 0 Å². The third kappa shape index (κ3) is 3.11. The Bertz CT molecular complexity index is 449. The molecule has 2 heteroatoms. The van der Waals surface area contributed by atoms with Crippen molar-refractivity contribution in [3.8, 4) is 0 Å². The molecule has 20 heavy (non-hydrogen) atoms. The molecule has 1 saturated carbocycles. The van der Waals surface area contributed by atoms with Crippen molar-refractivity contribution in [2.75, 3.05) is 23.8 Å². The molecule has 1 unspecified atom stereocenters. The summed E-state index contributed by atoms with van der Waals surface area (Å²) in [6, 6.07) is 7.58. The lowest BCUT2D eigenvalue weighted by Crippen LogP contribution is -2.27. The maximum Gasteiger partial charge on any atom is 0.0376 e. The van der Waals surface area contributed by atoms with Crippen molar-refractivity contribution in [3.63, 3.8) is 0 Å². The molecule has 1 aromatic rings. The van der Waals surface area contributed by atoms with Crippen molar-refractivity contribution in [2.45, 2.75) is 57.9 Å². The fraction of sp³-hybridized carbons (Fsp3) is 0.667. The summed E-state index contributed by atoms with van der Waals surface area (Å²) < 4.78 is 0. The lowest BCUT2D eigenvalue weighted by molar-refractivity contribution is 0.362. The molecular formula is C18H28N2. The number of anilines is 2. The van der Waals surface area contributed by atoms with Crippen LogP contribution in [0.2, 0.25) is 0 Å². The summed E-state index contributed by atoms with van der Waals surface area (Å²) in [5, 5.41) is 3.59. The van der Waals surface area contributed by atoms with Crippen molar-refractivity contribution in [1.82, 2.24) is 0 Å². The molecule has 0 saturated heterocycles. The van der Waals surface area contributed by atoms with Gasteiger partial charge in [0.15, 0.2) is 0 Å². The van der Waals surface area contributed by atoms with Crippen LogP contribution in [0.4, 0.5) is 11.4 Å². The van der Waals surface area contributed by atoms with Crippen LogP contribution in [0.1, 0.15) is 51.0 Å². The van der Waals surface area contributed by atoms with Gasteiger partial charge in [0.1, 0.15) is 0 Å². The molecular weight excluding hydrogens is 244 g/mol. The van der Waals surface area contributed by atoms with Crippen molar-refractivity contribution in [1.29, 1.82) is 0 Å². The quantitative estimate of drug-likeness (QED) is 0.874. The Balaban J connectivity index is 1.67. The summed E-state index contributed by atoms with van der Waals surface area (Å²) in [4.78, 5) is 2.47. The molecule has 1 aromatic carbocycles. The van der Waals surface area contributed by atoms with E-state index in [1.54, 1.807) is 0 Å². The summed E-state index contributed by atoms with van der Waals surface area (Å²) >= 11 is 0. The van der Waals surface area contributed by atoms with E-state index in [9.17, 15) is 0 Å². The van der Waals surface area contributed by atoms with E-state index in [0.717, 1.165) is 5.92 Å². The zero-order chi connectivity index (χ0) is 13.9. The summed E-state index contributed by atoms with van der Waals surface area (Å²) in [6.45, 7) is 3.49. The van der Waals surface area contributed by atoms with Gasteiger partial charge in [0.2, 0.25) is 0 Å². The van der Waals surface area contributed by atoms with Crippen LogP contribution in [0.3, 0.4) is 0 Å². The fourth-order valence-corrected chi connectivity index (χ4v) is 3.74. The molecule has 1 atom stereocenters. The molecule has 2 aliphatic rings. The van der Waals surface area contributed by atoms with Crippen LogP contribution in [0, 0.1) is 5.92 Å². The fourth-order valence-electron chi connectivity index (χ4n) is 3.74. The number of benzene rings is 1. The van der Waals surface area contributed by atoms with Gasteiger partial charge in [-0.05, 0) is 62.3 Å². The summed E-state index contributed by atoms with van der Waals surface area (Å²) in [5.74, 6) is 0.905. The molecule has 1 fully saturated rings. The Morgan fingerprint density at radius 1 is 1.15 bits per heavy atom. The van der Waals surface area contributed by atoms with E-state index in [4.69, 9.17) is 0 Å². The average molecular weight is 272 g/mol. The van der Waals surface area contributed by atoms with Crippen LogP contribution in [-0.2, 0) is 6.42 Å². The Morgan fingerprint density at radius 3 is 2.75 bits per heavy atom. The first-order valence-corrected chi connectivity index (χ1v) is 8.33. The van der Waals surface area contributed by atoms with Gasteiger partial charge >= 0.3 is 0 Å². The van der Waals surface area contributed by atoms with E-state index in [1.165, 1.54) is 68.4 Å². The second-order valence-corrected chi connectivity index (χ2v) is 6.81. The Morgan fingerprint density at radius 2 is 1.95 bits per heavy atom. The second-order valence-electron chi connectivity index (χ2n) is 6.81. The van der Waals surface area contributed by atoms with Crippen molar-refractivity contribution in [2.24, 2.45) is 5.92 Å². The van der Waals surface area contributed by atoms with Gasteiger partial charge in [0, 0.05) is 31.0 Å². The summed E-state index contributed by atoms with van der Waals surface area (Å²) in [5.41, 5.74) is 4.24. The van der Waals surface area contributed by atoms with Crippen LogP contribution < -0.4 is 10.2 Å². The van der Waals surface area contributed by atoms with Crippen molar-refractivity contribution < 1.29 is 0 Å². The minimum Gasteiger partial charge on any atom is -0.382 e. The highest BCUT2D eigenvalue weighted by Gasteiger charge is 2.18. The lowest BCUT2D eigenvalue weighted by atomic mass is 9.89. The molecule has 1 heterocycles. The number of fused-ring (bicyclic) bond motifs is 1. The molecule has 2 nitrogen and oxygen atoms in total. The van der Waals surface area contributed by atoms with Crippen LogP contribution >= 0.6 is 0 Å². The van der Waals surface area contributed by atoms with Gasteiger partial charge < -0.3 is 10.2 Å². The summed E-state index contributed by atoms with van der Waals surface area (Å²) in [6.07, 6.45) is 9.64. The highest BCUT2D eigenvalue weighted by molar-refractivity contribution is 5.62. The zero-order valence-corrected chi connectivity index (χ0v) is 13.0. The zero-order valence-electron chi connectivity index (χ0n) is 13.0. The van der Waals surface area contributed by atoms with Crippen molar-refractivity contribution in [3.05, 3.63) is 23.8 Å². The highest BCUT2D eigenvalue weighted by atomic mass is 15.1. The summed E-state index contributed by atoms with van der Waals surface area (Å²) in [7, 11) is 2.26. The molecule has 1 aliphatic heterocycles. The number of aryl methyl sites for hydroxylation is 1. The first kappa shape index (κ1) is 13.8. The van der Waals surface area contributed by atoms with Crippen LogP contribution in [0.5, 0.6) is 0 Å². The van der Waals surface area contributed by atoms with Gasteiger partial charge in [-0.25, -0.2) is 0 Å². The molecule has 3 rings (SSSR count). The Labute approximate surface area is 123 Å². The maximum atomic E-state index is 3.59. The first-order chi connectivity index (χ1) is 9.72. The third-order valence-electron chi connectivity index (χ3n) is 5.03. The van der Waals surface area contributed by atoms with E-state index in [1.807, 2.05) is 0 Å². The number of hydrogen-bond acceptors (Lipinski definition) is 2. The molecule has 0 bridgehead atoms. The predicted octanol–water partition coefficient (Wildman–Crippen LogP) is 4.45. The lowest BCUT2D eigenvalue weighted by Gasteiger charge is -2.30. The smallest absolute Gasteiger partial charge is 0.0376 e. The molecule has 1 aliphatic carbocycles. The number of rotatable bonds is 3. The minimum absolute atomic E-state index is 0.619. The van der Waals surface area contributed by atoms with E-state index >= 15 is 0 Å². The van der Waals surface area contributed by atoms with Gasteiger partial charge in [0.05, 0.1) is 0 Å². The number of hydrogen-bond donors (Lipinski definition) is 1. The van der Waals surface area contributed by atoms with Gasteiger partial charge in [0.25, 0.3) is 0 Å². The molecule has 0 radical (unpaired) electrons. The van der Waals surface area contributed by atoms with Crippen molar-refractivity contribution >= 4 is 11.4 Å². The van der Waals surface area contributed by atoms with E-state index in [2.05, 4.69) is 42.4 Å². The maximum absolute atomic E-state index is 3.59. The Kier molecular flexibility index (Phi) is 4.18. The first-order valence-electron chi connectivity index (χ1n) is 8.33. The number of nitrogens with one attached hydrogen (secondary N) is 1. The molecule has 0 amide bonds. The predicted molar refractivity (Wildman–Crippen MR) is 87.7 cm³/mol. The van der Waals surface area contributed by atoms with Gasteiger partial charge in [-0.3, -0.25) is 0 Å². The minimum atomic E-state index is 0.619.